The minimum absolute atomic E-state index is 0.0559. The third-order valence-electron chi connectivity index (χ3n) is 13.8. The summed E-state index contributed by atoms with van der Waals surface area (Å²) in [6.07, 6.45) is 1.84. The van der Waals surface area contributed by atoms with E-state index in [1.807, 2.05) is 76.2 Å². The maximum absolute atomic E-state index is 14.7. The van der Waals surface area contributed by atoms with Gasteiger partial charge in [-0.15, -0.1) is 11.3 Å². The number of Topliss-reactive ketones (excluding diaryl/α,β-unsaturated/α-hetero) is 1. The fourth-order valence-corrected chi connectivity index (χ4v) is 11.1. The van der Waals surface area contributed by atoms with Gasteiger partial charge in [-0.05, 0) is 109 Å². The number of benzene rings is 3. The molecule has 0 saturated carbocycles. The average Bonchev–Trinajstić information content (AvgIpc) is 2.67. The molecular weight excluding hydrogens is 1090 g/mol. The van der Waals surface area contributed by atoms with Crippen molar-refractivity contribution in [3.05, 3.63) is 84.0 Å². The number of sulfone groups is 1. The summed E-state index contributed by atoms with van der Waals surface area (Å²) >= 11 is 1.55. The molecule has 1 aliphatic heterocycles. The van der Waals surface area contributed by atoms with Gasteiger partial charge in [0, 0.05) is 49.0 Å². The van der Waals surface area contributed by atoms with E-state index < -0.39 is 61.6 Å². The minimum atomic E-state index is -3.85. The Balaban J connectivity index is 0.928. The third-order valence-corrected chi connectivity index (χ3v) is 17.2. The van der Waals surface area contributed by atoms with Crippen molar-refractivity contribution in [1.82, 2.24) is 30.4 Å². The van der Waals surface area contributed by atoms with Crippen molar-refractivity contribution in [3.8, 4) is 5.75 Å². The quantitative estimate of drug-likeness (QED) is 0.0396. The van der Waals surface area contributed by atoms with Gasteiger partial charge in [0.2, 0.25) is 17.7 Å². The predicted octanol–water partition coefficient (Wildman–Crippen LogP) is 8.84. The Morgan fingerprint density at radius 3 is 2.06 bits per heavy atom. The van der Waals surface area contributed by atoms with Crippen LogP contribution in [-0.4, -0.2) is 159 Å². The number of carbonyl (C=O) groups is 5. The van der Waals surface area contributed by atoms with Crippen molar-refractivity contribution < 1.29 is 60.8 Å². The SMILES string of the molecule is CC[C@@H](NC(=O)[C@@H]1C[C@H](CC(=O)COCCOCCOCCOCCOc2cc3nccc(Nc4ccc5scnc5c4)c3cc2S(=O)(=O)C(C)(C)C)CN1C(=O)[C@@H](NC(=O)[C@H](C)N(C)C(=O)OC(C)(C)C)C(C)(C)C)c1ccccc1. The van der Waals surface area contributed by atoms with E-state index in [0.29, 0.717) is 23.0 Å². The Hall–Kier alpha value is -6.30. The zero-order valence-corrected chi connectivity index (χ0v) is 51.1. The highest BCUT2D eigenvalue weighted by atomic mass is 32.2. The number of thiazole rings is 1. The lowest BCUT2D eigenvalue weighted by atomic mass is 9.85. The molecule has 0 spiro atoms. The van der Waals surface area contributed by atoms with E-state index in [4.69, 9.17) is 28.4 Å². The van der Waals surface area contributed by atoms with Crippen LogP contribution in [-0.2, 0) is 52.7 Å². The molecule has 2 aromatic heterocycles. The van der Waals surface area contributed by atoms with Gasteiger partial charge in [-0.2, -0.15) is 0 Å². The van der Waals surface area contributed by atoms with E-state index in [1.165, 1.54) is 16.8 Å². The maximum Gasteiger partial charge on any atom is 0.410 e. The number of ketones is 1. The summed E-state index contributed by atoms with van der Waals surface area (Å²) in [5, 5.41) is 10.0. The molecule has 3 aromatic carbocycles. The molecule has 0 bridgehead atoms. The van der Waals surface area contributed by atoms with Gasteiger partial charge in [0.1, 0.15) is 47.6 Å². The van der Waals surface area contributed by atoms with Crippen LogP contribution >= 0.6 is 11.3 Å². The number of nitrogens with one attached hydrogen (secondary N) is 3. The topological polar surface area (TPSA) is 243 Å². The van der Waals surface area contributed by atoms with E-state index in [0.717, 1.165) is 21.5 Å². The fourth-order valence-electron chi connectivity index (χ4n) is 9.13. The molecule has 0 radical (unpaired) electrons. The molecule has 3 N–H and O–H groups in total. The molecule has 1 saturated heterocycles. The van der Waals surface area contributed by atoms with Crippen molar-refractivity contribution in [1.29, 1.82) is 0 Å². The summed E-state index contributed by atoms with van der Waals surface area (Å²) < 4.78 is 62.0. The second-order valence-electron chi connectivity index (χ2n) is 23.5. The van der Waals surface area contributed by atoms with Crippen LogP contribution in [0.15, 0.2) is 83.3 Å². The third kappa shape index (κ3) is 17.9. The standard InChI is InChI=1S/C60H83N7O13S2/c1-13-45(41-17-15-14-16-18-41)64-55(70)49-32-40(36-67(49)56(71)53(58(3,4)5)65-54(69)39(2)66(12)57(72)80-59(6,7)8)31-43(68)37-78-28-27-76-24-23-75-25-26-77-29-30-79-50-35-47-44(34-52(50)82(73,74)60(9,10)11)46(21-22-61-47)63-42-19-20-51-48(33-42)62-38-81-51/h14-22,33-35,38-40,45,49,53H,13,23-32,36-37H2,1-12H3,(H,61,63)(H,64,70)(H,65,69)/t39-,40-,45+,49-,53+/m0/s1. The van der Waals surface area contributed by atoms with Crippen LogP contribution in [0.3, 0.4) is 0 Å². The molecular formula is C60H83N7O13S2. The number of ether oxygens (including phenoxy) is 6. The first-order valence-corrected chi connectivity index (χ1v) is 30.2. The molecule has 4 amide bonds. The fraction of sp³-hybridized carbons (Fsp3) is 0.550. The minimum Gasteiger partial charge on any atom is -0.490 e. The Kier molecular flexibility index (Phi) is 22.8. The normalized spacial score (nSPS) is 16.1. The number of fused-ring (bicyclic) bond motifs is 2. The molecule has 3 heterocycles. The second kappa shape index (κ2) is 28.8. The van der Waals surface area contributed by atoms with Crippen LogP contribution in [0.1, 0.15) is 107 Å². The highest BCUT2D eigenvalue weighted by molar-refractivity contribution is 7.92. The van der Waals surface area contributed by atoms with Gasteiger partial charge >= 0.3 is 6.09 Å². The molecule has 1 aliphatic rings. The van der Waals surface area contributed by atoms with Gasteiger partial charge in [-0.1, -0.05) is 58.0 Å². The summed E-state index contributed by atoms with van der Waals surface area (Å²) in [5.74, 6) is -1.79. The number of pyridine rings is 1. The maximum atomic E-state index is 14.7. The number of amides is 4. The summed E-state index contributed by atoms with van der Waals surface area (Å²) in [6, 6.07) is 17.2. The average molecular weight is 1170 g/mol. The molecule has 5 atom stereocenters. The molecule has 6 rings (SSSR count). The van der Waals surface area contributed by atoms with Gasteiger partial charge in [0.05, 0.1) is 78.3 Å². The van der Waals surface area contributed by atoms with E-state index in [9.17, 15) is 32.4 Å². The Morgan fingerprint density at radius 2 is 1.44 bits per heavy atom. The zero-order valence-electron chi connectivity index (χ0n) is 49.5. The second-order valence-corrected chi connectivity index (χ2v) is 27.1. The summed E-state index contributed by atoms with van der Waals surface area (Å²) in [4.78, 5) is 80.4. The monoisotopic (exact) mass is 1170 g/mol. The molecule has 22 heteroatoms. The smallest absolute Gasteiger partial charge is 0.410 e. The van der Waals surface area contributed by atoms with Crippen LogP contribution < -0.4 is 20.7 Å². The first-order chi connectivity index (χ1) is 38.7. The van der Waals surface area contributed by atoms with Crippen LogP contribution in [0, 0.1) is 11.3 Å². The number of rotatable bonds is 28. The first-order valence-electron chi connectivity index (χ1n) is 27.8. The number of carbonyl (C=O) groups excluding carboxylic acids is 5. The Morgan fingerprint density at radius 1 is 0.793 bits per heavy atom. The lowest BCUT2D eigenvalue weighted by molar-refractivity contribution is -0.144. The highest BCUT2D eigenvalue weighted by Crippen LogP contribution is 2.38. The van der Waals surface area contributed by atoms with Gasteiger partial charge in [-0.3, -0.25) is 29.1 Å². The molecule has 1 fully saturated rings. The number of anilines is 2. The summed E-state index contributed by atoms with van der Waals surface area (Å²) in [6.45, 7) is 20.7. The summed E-state index contributed by atoms with van der Waals surface area (Å²) in [5.41, 5.74) is 4.02. The van der Waals surface area contributed by atoms with E-state index in [2.05, 4.69) is 25.9 Å². The molecule has 448 valence electrons. The van der Waals surface area contributed by atoms with Crippen molar-refractivity contribution in [3.63, 3.8) is 0 Å². The van der Waals surface area contributed by atoms with Gasteiger partial charge < -0.3 is 49.3 Å². The van der Waals surface area contributed by atoms with Crippen LogP contribution in [0.2, 0.25) is 0 Å². The van der Waals surface area contributed by atoms with Gasteiger partial charge in [-0.25, -0.2) is 18.2 Å². The molecule has 20 nitrogen and oxygen atoms in total. The molecule has 5 aromatic rings. The highest BCUT2D eigenvalue weighted by Gasteiger charge is 2.46. The molecule has 0 aliphatic carbocycles. The lowest BCUT2D eigenvalue weighted by Gasteiger charge is -2.37. The van der Waals surface area contributed by atoms with E-state index in [-0.39, 0.29) is 113 Å². The number of nitrogens with zero attached hydrogens (tertiary/aromatic N) is 4. The van der Waals surface area contributed by atoms with E-state index in [1.54, 1.807) is 89.7 Å². The van der Waals surface area contributed by atoms with Crippen molar-refractivity contribution in [2.45, 2.75) is 135 Å². The van der Waals surface area contributed by atoms with Crippen molar-refractivity contribution in [2.75, 3.05) is 78.4 Å². The summed E-state index contributed by atoms with van der Waals surface area (Å²) in [7, 11) is -2.39. The van der Waals surface area contributed by atoms with Gasteiger partial charge in [0.25, 0.3) is 0 Å². The first kappa shape index (κ1) is 64.9. The number of likely N-dealkylation sites (tertiary alicyclic amines) is 1. The van der Waals surface area contributed by atoms with Gasteiger partial charge in [0.15, 0.2) is 15.6 Å². The molecule has 82 heavy (non-hydrogen) atoms. The number of likely N-dealkylation sites (N-methyl/N-ethyl adjacent to an activating group) is 1. The Labute approximate surface area is 486 Å². The van der Waals surface area contributed by atoms with E-state index >= 15 is 0 Å². The largest absolute Gasteiger partial charge is 0.490 e. The van der Waals surface area contributed by atoms with Crippen molar-refractivity contribution in [2.24, 2.45) is 11.3 Å². The van der Waals surface area contributed by atoms with Crippen LogP contribution in [0.5, 0.6) is 5.75 Å². The zero-order chi connectivity index (χ0) is 60.0. The van der Waals surface area contributed by atoms with Crippen LogP contribution in [0.25, 0.3) is 21.1 Å². The van der Waals surface area contributed by atoms with Crippen LogP contribution in [0.4, 0.5) is 16.2 Å². The van der Waals surface area contributed by atoms with Crippen molar-refractivity contribution >= 4 is 83.3 Å². The number of hydrogen-bond acceptors (Lipinski definition) is 17. The predicted molar refractivity (Wildman–Crippen MR) is 316 cm³/mol. The number of hydrogen-bond donors (Lipinski definition) is 3. The lowest BCUT2D eigenvalue weighted by Crippen LogP contribution is -2.60. The Bertz CT molecular complexity index is 3080. The molecule has 0 unspecified atom stereocenters. The number of aromatic nitrogens is 2.